The van der Waals surface area contributed by atoms with Gasteiger partial charge < -0.3 is 15.4 Å². The first-order valence-electron chi connectivity index (χ1n) is 5.00. The summed E-state index contributed by atoms with van der Waals surface area (Å²) in [6, 6.07) is 1.77. The predicted octanol–water partition coefficient (Wildman–Crippen LogP) is 1.35. The zero-order chi connectivity index (χ0) is 10.9. The molecule has 0 aliphatic rings. The SMILES string of the molecule is Cc1cc(C(O)C(N)C(C)C)n(C)c1. The lowest BCUT2D eigenvalue weighted by Gasteiger charge is -2.22. The van der Waals surface area contributed by atoms with Gasteiger partial charge in [0.15, 0.2) is 0 Å². The van der Waals surface area contributed by atoms with Crippen molar-refractivity contribution in [3.8, 4) is 0 Å². The molecular weight excluding hydrogens is 176 g/mol. The third kappa shape index (κ3) is 2.16. The Balaban J connectivity index is 2.88. The predicted molar refractivity (Wildman–Crippen MR) is 57.9 cm³/mol. The molecule has 0 radical (unpaired) electrons. The molecular formula is C11H20N2O. The van der Waals surface area contributed by atoms with Gasteiger partial charge in [-0.3, -0.25) is 0 Å². The maximum Gasteiger partial charge on any atom is 0.109 e. The number of nitrogens with two attached hydrogens (primary N) is 1. The molecule has 14 heavy (non-hydrogen) atoms. The van der Waals surface area contributed by atoms with Crippen molar-refractivity contribution < 1.29 is 5.11 Å². The maximum atomic E-state index is 10.0. The Morgan fingerprint density at radius 2 is 2.00 bits per heavy atom. The standard InChI is InChI=1S/C11H20N2O/c1-7(2)10(12)11(14)9-5-8(3)6-13(9)4/h5-7,10-11,14H,12H2,1-4H3. The first-order chi connectivity index (χ1) is 6.43. The van der Waals surface area contributed by atoms with Gasteiger partial charge in [-0.2, -0.15) is 0 Å². The monoisotopic (exact) mass is 196 g/mol. The molecule has 0 fully saturated rings. The van der Waals surface area contributed by atoms with Gasteiger partial charge in [0.25, 0.3) is 0 Å². The molecule has 2 unspecified atom stereocenters. The normalized spacial score (nSPS) is 15.9. The van der Waals surface area contributed by atoms with Crippen LogP contribution in [0.1, 0.15) is 31.2 Å². The molecule has 3 nitrogen and oxygen atoms in total. The van der Waals surface area contributed by atoms with E-state index in [1.54, 1.807) is 0 Å². The van der Waals surface area contributed by atoms with Crippen molar-refractivity contribution in [2.75, 3.05) is 0 Å². The van der Waals surface area contributed by atoms with Crippen molar-refractivity contribution in [3.05, 3.63) is 23.5 Å². The lowest BCUT2D eigenvalue weighted by Crippen LogP contribution is -2.34. The molecule has 3 heteroatoms. The van der Waals surface area contributed by atoms with E-state index in [-0.39, 0.29) is 12.0 Å². The van der Waals surface area contributed by atoms with E-state index in [2.05, 4.69) is 0 Å². The summed E-state index contributed by atoms with van der Waals surface area (Å²) in [5, 5.41) is 10.0. The largest absolute Gasteiger partial charge is 0.385 e. The van der Waals surface area contributed by atoms with Crippen molar-refractivity contribution >= 4 is 0 Å². The first kappa shape index (κ1) is 11.3. The average molecular weight is 196 g/mol. The molecule has 1 heterocycles. The van der Waals surface area contributed by atoms with Gasteiger partial charge in [0.1, 0.15) is 6.10 Å². The molecule has 80 valence electrons. The Labute approximate surface area is 85.5 Å². The molecule has 0 amide bonds. The minimum Gasteiger partial charge on any atom is -0.385 e. The van der Waals surface area contributed by atoms with Crippen LogP contribution in [0.4, 0.5) is 0 Å². The number of aryl methyl sites for hydroxylation is 2. The third-order valence-electron chi connectivity index (χ3n) is 2.62. The molecule has 3 N–H and O–H groups in total. The number of nitrogens with zero attached hydrogens (tertiary/aromatic N) is 1. The first-order valence-corrected chi connectivity index (χ1v) is 5.00. The number of hydrogen-bond acceptors (Lipinski definition) is 2. The van der Waals surface area contributed by atoms with Crippen LogP contribution in [0.25, 0.3) is 0 Å². The van der Waals surface area contributed by atoms with Gasteiger partial charge in [0.2, 0.25) is 0 Å². The summed E-state index contributed by atoms with van der Waals surface area (Å²) >= 11 is 0. The molecule has 0 aliphatic carbocycles. The highest BCUT2D eigenvalue weighted by Crippen LogP contribution is 2.21. The van der Waals surface area contributed by atoms with E-state index in [1.165, 1.54) is 0 Å². The van der Waals surface area contributed by atoms with Crippen LogP contribution in [0.2, 0.25) is 0 Å². The van der Waals surface area contributed by atoms with Crippen LogP contribution < -0.4 is 5.73 Å². The van der Waals surface area contributed by atoms with E-state index in [0.29, 0.717) is 0 Å². The van der Waals surface area contributed by atoms with Gasteiger partial charge in [0, 0.05) is 25.0 Å². The highest BCUT2D eigenvalue weighted by molar-refractivity contribution is 5.20. The quantitative estimate of drug-likeness (QED) is 0.766. The summed E-state index contributed by atoms with van der Waals surface area (Å²) in [7, 11) is 1.93. The fraction of sp³-hybridized carbons (Fsp3) is 0.636. The van der Waals surface area contributed by atoms with Crippen LogP contribution in [0, 0.1) is 12.8 Å². The van der Waals surface area contributed by atoms with Crippen molar-refractivity contribution in [1.29, 1.82) is 0 Å². The minimum absolute atomic E-state index is 0.206. The van der Waals surface area contributed by atoms with E-state index >= 15 is 0 Å². The molecule has 1 aromatic heterocycles. The van der Waals surface area contributed by atoms with Crippen LogP contribution in [-0.2, 0) is 7.05 Å². The highest BCUT2D eigenvalue weighted by Gasteiger charge is 2.22. The molecule has 1 rings (SSSR count). The van der Waals surface area contributed by atoms with Crippen LogP contribution in [0.5, 0.6) is 0 Å². The number of hydrogen-bond donors (Lipinski definition) is 2. The van der Waals surface area contributed by atoms with Crippen LogP contribution in [-0.4, -0.2) is 15.7 Å². The Morgan fingerprint density at radius 1 is 1.43 bits per heavy atom. The summed E-state index contributed by atoms with van der Waals surface area (Å²) < 4.78 is 1.93. The van der Waals surface area contributed by atoms with Crippen LogP contribution in [0.15, 0.2) is 12.3 Å². The summed E-state index contributed by atoms with van der Waals surface area (Å²) in [5.41, 5.74) is 7.95. The Kier molecular flexibility index (Phi) is 3.34. The molecule has 0 aliphatic heterocycles. The van der Waals surface area contributed by atoms with Crippen LogP contribution in [0.3, 0.4) is 0 Å². The second-order valence-electron chi connectivity index (χ2n) is 4.32. The summed E-state index contributed by atoms with van der Waals surface area (Å²) in [5.74, 6) is 0.278. The van der Waals surface area contributed by atoms with Crippen molar-refractivity contribution in [1.82, 2.24) is 4.57 Å². The van der Waals surface area contributed by atoms with Gasteiger partial charge in [-0.15, -0.1) is 0 Å². The minimum atomic E-state index is -0.575. The summed E-state index contributed by atoms with van der Waals surface area (Å²) in [4.78, 5) is 0. The lowest BCUT2D eigenvalue weighted by molar-refractivity contribution is 0.119. The Morgan fingerprint density at radius 3 is 2.36 bits per heavy atom. The number of aliphatic hydroxyl groups excluding tert-OH is 1. The molecule has 0 aromatic carbocycles. The van der Waals surface area contributed by atoms with E-state index in [4.69, 9.17) is 5.73 Å². The van der Waals surface area contributed by atoms with Crippen molar-refractivity contribution in [3.63, 3.8) is 0 Å². The van der Waals surface area contributed by atoms with Gasteiger partial charge >= 0.3 is 0 Å². The average Bonchev–Trinajstić information content (AvgIpc) is 2.42. The highest BCUT2D eigenvalue weighted by atomic mass is 16.3. The summed E-state index contributed by atoms with van der Waals surface area (Å²) in [6.07, 6.45) is 1.42. The number of aliphatic hydroxyl groups is 1. The van der Waals surface area contributed by atoms with Gasteiger partial charge in [-0.05, 0) is 24.5 Å². The zero-order valence-electron chi connectivity index (χ0n) is 9.36. The number of rotatable bonds is 3. The molecule has 0 bridgehead atoms. The van der Waals surface area contributed by atoms with E-state index in [0.717, 1.165) is 11.3 Å². The van der Waals surface area contributed by atoms with E-state index in [9.17, 15) is 5.11 Å². The molecule has 1 aromatic rings. The fourth-order valence-electron chi connectivity index (χ4n) is 1.61. The molecule has 2 atom stereocenters. The topological polar surface area (TPSA) is 51.2 Å². The second kappa shape index (κ2) is 4.15. The smallest absolute Gasteiger partial charge is 0.109 e. The summed E-state index contributed by atoms with van der Waals surface area (Å²) in [6.45, 7) is 6.05. The van der Waals surface area contributed by atoms with E-state index < -0.39 is 6.10 Å². The fourth-order valence-corrected chi connectivity index (χ4v) is 1.61. The second-order valence-corrected chi connectivity index (χ2v) is 4.32. The van der Waals surface area contributed by atoms with Gasteiger partial charge in [0.05, 0.1) is 0 Å². The van der Waals surface area contributed by atoms with Gasteiger partial charge in [-0.25, -0.2) is 0 Å². The third-order valence-corrected chi connectivity index (χ3v) is 2.62. The van der Waals surface area contributed by atoms with Gasteiger partial charge in [-0.1, -0.05) is 13.8 Å². The van der Waals surface area contributed by atoms with Crippen LogP contribution >= 0.6 is 0 Å². The maximum absolute atomic E-state index is 10.0. The number of aromatic nitrogens is 1. The van der Waals surface area contributed by atoms with Crippen molar-refractivity contribution in [2.24, 2.45) is 18.7 Å². The zero-order valence-corrected chi connectivity index (χ0v) is 9.36. The van der Waals surface area contributed by atoms with Crippen molar-refractivity contribution in [2.45, 2.75) is 32.9 Å². The molecule has 0 spiro atoms. The Bertz CT molecular complexity index is 304. The lowest BCUT2D eigenvalue weighted by atomic mass is 9.97. The molecule has 0 saturated carbocycles. The van der Waals surface area contributed by atoms with E-state index in [1.807, 2.05) is 44.6 Å². The molecule has 0 saturated heterocycles. The Hall–Kier alpha value is -0.800.